The van der Waals surface area contributed by atoms with Gasteiger partial charge in [0.25, 0.3) is 0 Å². The predicted octanol–water partition coefficient (Wildman–Crippen LogP) is 1.75. The van der Waals surface area contributed by atoms with E-state index >= 15 is 0 Å². The molecule has 106 valence electrons. The SMILES string of the molecule is CS(=O)(=O)NCCCNC1CCSc2ccccc21. The number of nitrogens with one attached hydrogen (secondary N) is 2. The molecular formula is C13H20N2O2S2. The van der Waals surface area contributed by atoms with E-state index in [2.05, 4.69) is 34.3 Å². The van der Waals surface area contributed by atoms with Crippen LogP contribution in [-0.4, -0.2) is 33.5 Å². The molecule has 0 aromatic heterocycles. The lowest BCUT2D eigenvalue weighted by atomic mass is 10.0. The fraction of sp³-hybridized carbons (Fsp3) is 0.538. The summed E-state index contributed by atoms with van der Waals surface area (Å²) in [6.07, 6.45) is 3.12. The summed E-state index contributed by atoms with van der Waals surface area (Å²) in [6.45, 7) is 1.32. The molecule has 1 aliphatic rings. The average molecular weight is 300 g/mol. The molecule has 6 heteroatoms. The first-order valence-corrected chi connectivity index (χ1v) is 9.34. The van der Waals surface area contributed by atoms with Crippen LogP contribution in [0.1, 0.15) is 24.4 Å². The molecule has 0 fully saturated rings. The summed E-state index contributed by atoms with van der Waals surface area (Å²) in [5.74, 6) is 1.14. The second-order valence-electron chi connectivity index (χ2n) is 4.70. The Morgan fingerprint density at radius 1 is 1.32 bits per heavy atom. The molecule has 1 aromatic carbocycles. The first-order valence-electron chi connectivity index (χ1n) is 6.46. The van der Waals surface area contributed by atoms with Crippen molar-refractivity contribution >= 4 is 21.8 Å². The van der Waals surface area contributed by atoms with Crippen LogP contribution in [0.2, 0.25) is 0 Å². The molecule has 0 spiro atoms. The minimum Gasteiger partial charge on any atom is -0.310 e. The van der Waals surface area contributed by atoms with Gasteiger partial charge in [-0.25, -0.2) is 13.1 Å². The summed E-state index contributed by atoms with van der Waals surface area (Å²) < 4.78 is 24.4. The second-order valence-corrected chi connectivity index (χ2v) is 7.67. The third kappa shape index (κ3) is 4.80. The van der Waals surface area contributed by atoms with Gasteiger partial charge >= 0.3 is 0 Å². The monoisotopic (exact) mass is 300 g/mol. The number of thioether (sulfide) groups is 1. The lowest BCUT2D eigenvalue weighted by Crippen LogP contribution is -2.29. The van der Waals surface area contributed by atoms with Crippen molar-refractivity contribution in [3.63, 3.8) is 0 Å². The summed E-state index contributed by atoms with van der Waals surface area (Å²) in [4.78, 5) is 1.36. The molecule has 0 radical (unpaired) electrons. The molecule has 0 saturated carbocycles. The molecule has 1 unspecified atom stereocenters. The third-order valence-electron chi connectivity index (χ3n) is 3.07. The zero-order chi connectivity index (χ0) is 13.7. The van der Waals surface area contributed by atoms with Gasteiger partial charge in [0.1, 0.15) is 0 Å². The molecule has 1 heterocycles. The molecule has 0 bridgehead atoms. The fourth-order valence-electron chi connectivity index (χ4n) is 2.18. The van der Waals surface area contributed by atoms with Gasteiger partial charge in [0.2, 0.25) is 10.0 Å². The number of hydrogen-bond donors (Lipinski definition) is 2. The van der Waals surface area contributed by atoms with Crippen molar-refractivity contribution in [1.82, 2.24) is 10.0 Å². The number of sulfonamides is 1. The van der Waals surface area contributed by atoms with E-state index in [4.69, 9.17) is 0 Å². The summed E-state index contributed by atoms with van der Waals surface area (Å²) in [7, 11) is -3.06. The van der Waals surface area contributed by atoms with E-state index in [0.29, 0.717) is 12.6 Å². The van der Waals surface area contributed by atoms with Gasteiger partial charge in [0, 0.05) is 17.5 Å². The third-order valence-corrected chi connectivity index (χ3v) is 4.92. The molecular weight excluding hydrogens is 280 g/mol. The highest BCUT2D eigenvalue weighted by Crippen LogP contribution is 2.35. The van der Waals surface area contributed by atoms with Crippen LogP contribution in [0, 0.1) is 0 Å². The molecule has 1 atom stereocenters. The van der Waals surface area contributed by atoms with Crippen LogP contribution in [0.5, 0.6) is 0 Å². The minimum absolute atomic E-state index is 0.399. The lowest BCUT2D eigenvalue weighted by molar-refractivity contribution is 0.500. The van der Waals surface area contributed by atoms with Gasteiger partial charge in [-0.2, -0.15) is 0 Å². The maximum Gasteiger partial charge on any atom is 0.208 e. The maximum absolute atomic E-state index is 10.9. The minimum atomic E-state index is -3.06. The smallest absolute Gasteiger partial charge is 0.208 e. The van der Waals surface area contributed by atoms with E-state index in [-0.39, 0.29) is 0 Å². The van der Waals surface area contributed by atoms with Crippen molar-refractivity contribution in [3.8, 4) is 0 Å². The van der Waals surface area contributed by atoms with Gasteiger partial charge < -0.3 is 5.32 Å². The van der Waals surface area contributed by atoms with E-state index < -0.39 is 10.0 Å². The predicted molar refractivity (Wildman–Crippen MR) is 80.0 cm³/mol. The Morgan fingerprint density at radius 2 is 2.11 bits per heavy atom. The zero-order valence-electron chi connectivity index (χ0n) is 11.1. The van der Waals surface area contributed by atoms with Crippen LogP contribution >= 0.6 is 11.8 Å². The van der Waals surface area contributed by atoms with Gasteiger partial charge in [-0.15, -0.1) is 11.8 Å². The molecule has 1 aromatic rings. The standard InChI is InChI=1S/C13H20N2O2S2/c1-19(16,17)15-9-4-8-14-12-7-10-18-13-6-3-2-5-11(12)13/h2-3,5-6,12,14-15H,4,7-10H2,1H3. The number of rotatable bonds is 6. The molecule has 4 nitrogen and oxygen atoms in total. The van der Waals surface area contributed by atoms with Gasteiger partial charge in [-0.05, 0) is 36.8 Å². The highest BCUT2D eigenvalue weighted by atomic mass is 32.2. The largest absolute Gasteiger partial charge is 0.310 e. The van der Waals surface area contributed by atoms with E-state index in [1.54, 1.807) is 0 Å². The fourth-order valence-corrected chi connectivity index (χ4v) is 3.82. The van der Waals surface area contributed by atoms with Crippen molar-refractivity contribution < 1.29 is 8.42 Å². The van der Waals surface area contributed by atoms with Crippen molar-refractivity contribution in [1.29, 1.82) is 0 Å². The Kier molecular flexibility index (Phi) is 5.27. The molecule has 19 heavy (non-hydrogen) atoms. The van der Waals surface area contributed by atoms with Gasteiger partial charge in [-0.1, -0.05) is 18.2 Å². The number of benzene rings is 1. The van der Waals surface area contributed by atoms with E-state index in [0.717, 1.165) is 25.1 Å². The molecule has 2 N–H and O–H groups in total. The first-order chi connectivity index (χ1) is 9.06. The lowest BCUT2D eigenvalue weighted by Gasteiger charge is -2.26. The van der Waals surface area contributed by atoms with E-state index in [1.807, 2.05) is 11.8 Å². The second kappa shape index (κ2) is 6.74. The van der Waals surface area contributed by atoms with E-state index in [1.165, 1.54) is 16.7 Å². The van der Waals surface area contributed by atoms with Crippen molar-refractivity contribution in [2.75, 3.05) is 25.1 Å². The maximum atomic E-state index is 10.9. The summed E-state index contributed by atoms with van der Waals surface area (Å²) >= 11 is 1.91. The Hall–Kier alpha value is -0.560. The number of hydrogen-bond acceptors (Lipinski definition) is 4. The quantitative estimate of drug-likeness (QED) is 0.786. The van der Waals surface area contributed by atoms with Crippen LogP contribution in [0.25, 0.3) is 0 Å². The van der Waals surface area contributed by atoms with Gasteiger partial charge in [0.15, 0.2) is 0 Å². The summed E-state index contributed by atoms with van der Waals surface area (Å²) in [6, 6.07) is 8.89. The number of fused-ring (bicyclic) bond motifs is 1. The Labute approximate surface area is 119 Å². The summed E-state index contributed by atoms with van der Waals surface area (Å²) in [5, 5.41) is 3.52. The van der Waals surface area contributed by atoms with Crippen molar-refractivity contribution in [3.05, 3.63) is 29.8 Å². The van der Waals surface area contributed by atoms with Gasteiger partial charge in [0.05, 0.1) is 6.26 Å². The normalized spacial score (nSPS) is 19.1. The highest BCUT2D eigenvalue weighted by molar-refractivity contribution is 7.99. The van der Waals surface area contributed by atoms with Crippen molar-refractivity contribution in [2.45, 2.75) is 23.8 Å². The van der Waals surface area contributed by atoms with Crippen molar-refractivity contribution in [2.24, 2.45) is 0 Å². The molecule has 0 aliphatic carbocycles. The van der Waals surface area contributed by atoms with Crippen LogP contribution in [-0.2, 0) is 10.0 Å². The van der Waals surface area contributed by atoms with Crippen LogP contribution in [0.15, 0.2) is 29.2 Å². The topological polar surface area (TPSA) is 58.2 Å². The Balaban J connectivity index is 1.78. The first kappa shape index (κ1) is 14.8. The molecule has 2 rings (SSSR count). The Bertz CT molecular complexity index is 517. The Morgan fingerprint density at radius 3 is 2.89 bits per heavy atom. The van der Waals surface area contributed by atoms with Crippen LogP contribution in [0.3, 0.4) is 0 Å². The zero-order valence-corrected chi connectivity index (χ0v) is 12.7. The average Bonchev–Trinajstić information content (AvgIpc) is 2.37. The van der Waals surface area contributed by atoms with Crippen LogP contribution in [0.4, 0.5) is 0 Å². The molecule has 0 saturated heterocycles. The molecule has 1 aliphatic heterocycles. The summed E-state index contributed by atoms with van der Waals surface area (Å²) in [5.41, 5.74) is 1.37. The highest BCUT2D eigenvalue weighted by Gasteiger charge is 2.19. The van der Waals surface area contributed by atoms with Gasteiger partial charge in [-0.3, -0.25) is 0 Å². The van der Waals surface area contributed by atoms with E-state index in [9.17, 15) is 8.42 Å². The molecule has 0 amide bonds. The van der Waals surface area contributed by atoms with Crippen LogP contribution < -0.4 is 10.0 Å².